The number of rotatable bonds is 7. The molecule has 0 fully saturated rings. The van der Waals surface area contributed by atoms with E-state index in [1.54, 1.807) is 17.8 Å². The number of anilines is 1. The number of nitro benzene ring substituents is 1. The standard InChI is InChI=1S/C19H20FN3O4S/c1-27-8-7-21-16-4-2-12(10-17(16)23(25)26)19(24)22-15-6-9-28-18-5-3-13(20)11-14(15)18/h2-5,10-11,15,21H,6-9H2,1H3,(H,22,24). The molecule has 7 nitrogen and oxygen atoms in total. The smallest absolute Gasteiger partial charge is 0.293 e. The van der Waals surface area contributed by atoms with Crippen LogP contribution in [0.4, 0.5) is 15.8 Å². The normalized spacial score (nSPS) is 15.6. The number of ether oxygens (including phenoxy) is 1. The molecule has 3 rings (SSSR count). The van der Waals surface area contributed by atoms with Crippen LogP contribution in [0, 0.1) is 15.9 Å². The van der Waals surface area contributed by atoms with E-state index in [0.29, 0.717) is 25.3 Å². The fourth-order valence-electron chi connectivity index (χ4n) is 3.02. The Hall–Kier alpha value is -2.65. The van der Waals surface area contributed by atoms with Crippen molar-refractivity contribution in [2.75, 3.05) is 31.3 Å². The molecule has 2 aromatic carbocycles. The molecule has 2 N–H and O–H groups in total. The number of carbonyl (C=O) groups is 1. The van der Waals surface area contributed by atoms with Crippen LogP contribution >= 0.6 is 11.8 Å². The van der Waals surface area contributed by atoms with Crippen molar-refractivity contribution in [3.05, 3.63) is 63.5 Å². The van der Waals surface area contributed by atoms with Crippen LogP contribution in [0.2, 0.25) is 0 Å². The number of nitro groups is 1. The van der Waals surface area contributed by atoms with Crippen molar-refractivity contribution in [3.63, 3.8) is 0 Å². The first-order chi connectivity index (χ1) is 13.5. The number of carbonyl (C=O) groups excluding carboxylic acids is 1. The van der Waals surface area contributed by atoms with Crippen LogP contribution in [-0.4, -0.2) is 36.8 Å². The van der Waals surface area contributed by atoms with E-state index < -0.39 is 10.8 Å². The number of methoxy groups -OCH3 is 1. The average molecular weight is 405 g/mol. The fraction of sp³-hybridized carbons (Fsp3) is 0.316. The summed E-state index contributed by atoms with van der Waals surface area (Å²) in [5.41, 5.74) is 1.05. The quantitative estimate of drug-likeness (QED) is 0.414. The fourth-order valence-corrected chi connectivity index (χ4v) is 4.12. The third kappa shape index (κ3) is 4.60. The van der Waals surface area contributed by atoms with Crippen molar-refractivity contribution < 1.29 is 18.8 Å². The minimum absolute atomic E-state index is 0.181. The van der Waals surface area contributed by atoms with Gasteiger partial charge in [0.2, 0.25) is 0 Å². The number of fused-ring (bicyclic) bond motifs is 1. The van der Waals surface area contributed by atoms with E-state index in [-0.39, 0.29) is 23.1 Å². The van der Waals surface area contributed by atoms with E-state index in [9.17, 15) is 19.3 Å². The molecule has 1 aliphatic heterocycles. The molecule has 28 heavy (non-hydrogen) atoms. The van der Waals surface area contributed by atoms with Crippen LogP contribution in [0.5, 0.6) is 0 Å². The minimum atomic E-state index is -0.534. The number of nitrogens with one attached hydrogen (secondary N) is 2. The van der Waals surface area contributed by atoms with Crippen molar-refractivity contribution >= 4 is 29.0 Å². The zero-order valence-electron chi connectivity index (χ0n) is 15.2. The Morgan fingerprint density at radius 3 is 2.93 bits per heavy atom. The summed E-state index contributed by atoms with van der Waals surface area (Å²) >= 11 is 1.62. The molecule has 0 bridgehead atoms. The zero-order chi connectivity index (χ0) is 20.1. The number of halogens is 1. The van der Waals surface area contributed by atoms with Crippen molar-refractivity contribution in [1.29, 1.82) is 0 Å². The van der Waals surface area contributed by atoms with Crippen molar-refractivity contribution in [2.24, 2.45) is 0 Å². The van der Waals surface area contributed by atoms with Crippen LogP contribution in [0.3, 0.4) is 0 Å². The van der Waals surface area contributed by atoms with Gasteiger partial charge in [0.1, 0.15) is 11.5 Å². The largest absolute Gasteiger partial charge is 0.383 e. The summed E-state index contributed by atoms with van der Waals surface area (Å²) < 4.78 is 18.6. The van der Waals surface area contributed by atoms with E-state index in [1.807, 2.05) is 0 Å². The van der Waals surface area contributed by atoms with Crippen LogP contribution < -0.4 is 10.6 Å². The first kappa shape index (κ1) is 20.1. The summed E-state index contributed by atoms with van der Waals surface area (Å²) in [6.07, 6.45) is 0.658. The highest BCUT2D eigenvalue weighted by Gasteiger charge is 2.24. The molecule has 0 aliphatic carbocycles. The van der Waals surface area contributed by atoms with E-state index in [2.05, 4.69) is 10.6 Å². The lowest BCUT2D eigenvalue weighted by Gasteiger charge is -2.26. The molecule has 1 atom stereocenters. The maximum absolute atomic E-state index is 13.6. The molecular formula is C19H20FN3O4S. The molecule has 2 aromatic rings. The molecule has 1 aliphatic rings. The van der Waals surface area contributed by atoms with E-state index in [0.717, 1.165) is 16.2 Å². The lowest BCUT2D eigenvalue weighted by atomic mass is 10.0. The highest BCUT2D eigenvalue weighted by molar-refractivity contribution is 7.99. The third-order valence-corrected chi connectivity index (χ3v) is 5.52. The van der Waals surface area contributed by atoms with E-state index in [4.69, 9.17) is 4.74 Å². The SMILES string of the molecule is COCCNc1ccc(C(=O)NC2CCSc3ccc(F)cc32)cc1[N+](=O)[O-]. The Morgan fingerprint density at radius 1 is 1.36 bits per heavy atom. The Balaban J connectivity index is 1.79. The number of benzene rings is 2. The molecule has 1 unspecified atom stereocenters. The van der Waals surface area contributed by atoms with Gasteiger partial charge in [-0.15, -0.1) is 11.8 Å². The third-order valence-electron chi connectivity index (χ3n) is 4.39. The molecule has 148 valence electrons. The van der Waals surface area contributed by atoms with Crippen LogP contribution in [-0.2, 0) is 4.74 Å². The predicted molar refractivity (Wildman–Crippen MR) is 105 cm³/mol. The second-order valence-electron chi connectivity index (χ2n) is 6.25. The van der Waals surface area contributed by atoms with Gasteiger partial charge in [0, 0.05) is 35.9 Å². The number of thioether (sulfide) groups is 1. The maximum Gasteiger partial charge on any atom is 0.293 e. The Bertz CT molecular complexity index is 893. The summed E-state index contributed by atoms with van der Waals surface area (Å²) in [5.74, 6) is 0.00722. The summed E-state index contributed by atoms with van der Waals surface area (Å²) in [5, 5.41) is 17.2. The van der Waals surface area contributed by atoms with Gasteiger partial charge in [0.25, 0.3) is 11.6 Å². The molecule has 0 saturated heterocycles. The number of hydrogen-bond acceptors (Lipinski definition) is 6. The Kier molecular flexibility index (Phi) is 6.48. The Morgan fingerprint density at radius 2 is 2.18 bits per heavy atom. The summed E-state index contributed by atoms with van der Waals surface area (Å²) in [4.78, 5) is 24.5. The summed E-state index contributed by atoms with van der Waals surface area (Å²) in [6.45, 7) is 0.806. The second-order valence-corrected chi connectivity index (χ2v) is 7.39. The number of amides is 1. The van der Waals surface area contributed by atoms with Crippen molar-refractivity contribution in [1.82, 2.24) is 5.32 Å². The zero-order valence-corrected chi connectivity index (χ0v) is 16.1. The van der Waals surface area contributed by atoms with Crippen LogP contribution in [0.25, 0.3) is 0 Å². The molecule has 9 heteroatoms. The molecule has 0 saturated carbocycles. The lowest BCUT2D eigenvalue weighted by Crippen LogP contribution is -2.30. The van der Waals surface area contributed by atoms with Crippen molar-refractivity contribution in [3.8, 4) is 0 Å². The molecular weight excluding hydrogens is 385 g/mol. The van der Waals surface area contributed by atoms with Gasteiger partial charge in [0.05, 0.1) is 17.6 Å². The first-order valence-electron chi connectivity index (χ1n) is 8.74. The number of hydrogen-bond donors (Lipinski definition) is 2. The van der Waals surface area contributed by atoms with E-state index in [1.165, 1.54) is 37.4 Å². The van der Waals surface area contributed by atoms with Gasteiger partial charge in [-0.3, -0.25) is 14.9 Å². The average Bonchev–Trinajstić information content (AvgIpc) is 2.68. The first-order valence-corrected chi connectivity index (χ1v) is 9.72. The second kappa shape index (κ2) is 9.03. The van der Waals surface area contributed by atoms with Crippen LogP contribution in [0.1, 0.15) is 28.4 Å². The summed E-state index contributed by atoms with van der Waals surface area (Å²) in [7, 11) is 1.54. The summed E-state index contributed by atoms with van der Waals surface area (Å²) in [6, 6.07) is 8.48. The van der Waals surface area contributed by atoms with Crippen LogP contribution in [0.15, 0.2) is 41.3 Å². The highest BCUT2D eigenvalue weighted by atomic mass is 32.2. The Labute approximate surface area is 165 Å². The molecule has 1 heterocycles. The van der Waals surface area contributed by atoms with Gasteiger partial charge < -0.3 is 15.4 Å². The van der Waals surface area contributed by atoms with E-state index >= 15 is 0 Å². The number of nitrogens with zero attached hydrogens (tertiary/aromatic N) is 1. The predicted octanol–water partition coefficient (Wildman–Crippen LogP) is 3.76. The topological polar surface area (TPSA) is 93.5 Å². The molecule has 0 radical (unpaired) electrons. The van der Waals surface area contributed by atoms with Gasteiger partial charge in [0.15, 0.2) is 0 Å². The van der Waals surface area contributed by atoms with Gasteiger partial charge in [-0.25, -0.2) is 4.39 Å². The van der Waals surface area contributed by atoms with Crippen molar-refractivity contribution in [2.45, 2.75) is 17.4 Å². The molecule has 0 spiro atoms. The van der Waals surface area contributed by atoms with Gasteiger partial charge in [-0.2, -0.15) is 0 Å². The monoisotopic (exact) mass is 405 g/mol. The highest BCUT2D eigenvalue weighted by Crippen LogP contribution is 2.36. The van der Waals surface area contributed by atoms with Gasteiger partial charge in [-0.1, -0.05) is 0 Å². The van der Waals surface area contributed by atoms with Gasteiger partial charge in [-0.05, 0) is 42.3 Å². The maximum atomic E-state index is 13.6. The molecule has 0 aromatic heterocycles. The molecule has 1 amide bonds. The van der Waals surface area contributed by atoms with Gasteiger partial charge >= 0.3 is 0 Å². The minimum Gasteiger partial charge on any atom is -0.383 e. The lowest BCUT2D eigenvalue weighted by molar-refractivity contribution is -0.384.